The van der Waals surface area contributed by atoms with Crippen LogP contribution in [0.25, 0.3) is 28.1 Å². The van der Waals surface area contributed by atoms with Gasteiger partial charge in [0.15, 0.2) is 5.82 Å². The fourth-order valence-electron chi connectivity index (χ4n) is 2.59. The van der Waals surface area contributed by atoms with Gasteiger partial charge in [-0.15, -0.1) is 0 Å². The van der Waals surface area contributed by atoms with E-state index in [1.807, 2.05) is 22.9 Å². The van der Waals surface area contributed by atoms with E-state index in [1.54, 1.807) is 37.9 Å². The SMILES string of the molecule is C.CCOC(=O)Nc1nc2c(-c3ncccn3)cc(-n3ccnc3)cc2[nH]1. The topological polar surface area (TPSA) is 111 Å². The largest absolute Gasteiger partial charge is 0.450 e. The van der Waals surface area contributed by atoms with Crippen LogP contribution in [0.15, 0.2) is 49.3 Å². The van der Waals surface area contributed by atoms with Crippen LogP contribution < -0.4 is 5.32 Å². The van der Waals surface area contributed by atoms with Crippen molar-refractivity contribution >= 4 is 23.1 Å². The molecule has 0 fully saturated rings. The minimum absolute atomic E-state index is 0. The van der Waals surface area contributed by atoms with Crippen molar-refractivity contribution in [3.05, 3.63) is 49.3 Å². The molecule has 0 radical (unpaired) electrons. The maximum atomic E-state index is 11.7. The number of rotatable bonds is 4. The van der Waals surface area contributed by atoms with Crippen molar-refractivity contribution in [1.82, 2.24) is 29.5 Å². The highest BCUT2D eigenvalue weighted by Crippen LogP contribution is 2.29. The average Bonchev–Trinajstić information content (AvgIpc) is 3.31. The number of hydrogen-bond donors (Lipinski definition) is 2. The third-order valence-corrected chi connectivity index (χ3v) is 3.68. The van der Waals surface area contributed by atoms with Gasteiger partial charge in [0.1, 0.15) is 5.52 Å². The summed E-state index contributed by atoms with van der Waals surface area (Å²) >= 11 is 0. The van der Waals surface area contributed by atoms with Gasteiger partial charge in [-0.1, -0.05) is 7.43 Å². The number of anilines is 1. The first-order chi connectivity index (χ1) is 12.7. The first kappa shape index (κ1) is 18.1. The monoisotopic (exact) mass is 365 g/mol. The van der Waals surface area contributed by atoms with Gasteiger partial charge in [0.05, 0.1) is 18.5 Å². The molecule has 9 nitrogen and oxygen atoms in total. The van der Waals surface area contributed by atoms with Gasteiger partial charge in [-0.3, -0.25) is 5.32 Å². The second kappa shape index (κ2) is 7.65. The zero-order valence-electron chi connectivity index (χ0n) is 13.9. The number of benzene rings is 1. The van der Waals surface area contributed by atoms with Crippen molar-refractivity contribution in [2.45, 2.75) is 14.4 Å². The van der Waals surface area contributed by atoms with Crippen molar-refractivity contribution in [3.8, 4) is 17.1 Å². The van der Waals surface area contributed by atoms with E-state index in [9.17, 15) is 4.79 Å². The summed E-state index contributed by atoms with van der Waals surface area (Å²) in [7, 11) is 0. The summed E-state index contributed by atoms with van der Waals surface area (Å²) in [6.45, 7) is 2.01. The maximum Gasteiger partial charge on any atom is 0.413 e. The van der Waals surface area contributed by atoms with Crippen LogP contribution in [0.1, 0.15) is 14.4 Å². The van der Waals surface area contributed by atoms with E-state index < -0.39 is 6.09 Å². The Kier molecular flexibility index (Phi) is 5.11. The third kappa shape index (κ3) is 3.61. The molecule has 0 spiro atoms. The van der Waals surface area contributed by atoms with Gasteiger partial charge in [0.2, 0.25) is 5.95 Å². The number of amides is 1. The Balaban J connectivity index is 0.00000210. The number of aromatic nitrogens is 6. The highest BCUT2D eigenvalue weighted by molar-refractivity contribution is 5.95. The Bertz CT molecular complexity index is 1040. The van der Waals surface area contributed by atoms with Crippen LogP contribution >= 0.6 is 0 Å². The Morgan fingerprint density at radius 1 is 1.26 bits per heavy atom. The number of carbonyl (C=O) groups is 1. The van der Waals surface area contributed by atoms with Gasteiger partial charge in [-0.05, 0) is 25.1 Å². The molecule has 27 heavy (non-hydrogen) atoms. The number of aromatic amines is 1. The van der Waals surface area contributed by atoms with Crippen LogP contribution in [0.3, 0.4) is 0 Å². The summed E-state index contributed by atoms with van der Waals surface area (Å²) < 4.78 is 6.76. The minimum atomic E-state index is -0.570. The number of nitrogens with zero attached hydrogens (tertiary/aromatic N) is 5. The van der Waals surface area contributed by atoms with Crippen molar-refractivity contribution in [3.63, 3.8) is 0 Å². The normalized spacial score (nSPS) is 10.4. The van der Waals surface area contributed by atoms with Crippen LogP contribution in [-0.2, 0) is 4.74 Å². The molecule has 1 amide bonds. The highest BCUT2D eigenvalue weighted by Gasteiger charge is 2.15. The molecule has 0 aliphatic heterocycles. The Morgan fingerprint density at radius 3 is 2.78 bits per heavy atom. The lowest BCUT2D eigenvalue weighted by atomic mass is 10.1. The molecule has 9 heteroatoms. The molecule has 138 valence electrons. The van der Waals surface area contributed by atoms with Gasteiger partial charge in [-0.25, -0.2) is 24.7 Å². The van der Waals surface area contributed by atoms with E-state index in [0.29, 0.717) is 17.3 Å². The summed E-state index contributed by atoms with van der Waals surface area (Å²) in [4.78, 5) is 31.9. The van der Waals surface area contributed by atoms with Gasteiger partial charge >= 0.3 is 6.09 Å². The van der Waals surface area contributed by atoms with E-state index >= 15 is 0 Å². The molecule has 0 atom stereocenters. The molecule has 0 aliphatic carbocycles. The number of fused-ring (bicyclic) bond motifs is 1. The van der Waals surface area contributed by atoms with Gasteiger partial charge in [0, 0.05) is 36.0 Å². The molecule has 4 rings (SSSR count). The number of imidazole rings is 2. The Labute approximate surface area is 155 Å². The molecule has 0 unspecified atom stereocenters. The van der Waals surface area contributed by atoms with E-state index in [4.69, 9.17) is 4.74 Å². The Hall–Kier alpha value is -3.75. The Morgan fingerprint density at radius 2 is 2.07 bits per heavy atom. The highest BCUT2D eigenvalue weighted by atomic mass is 16.5. The van der Waals surface area contributed by atoms with Crippen LogP contribution in [0, 0.1) is 0 Å². The fourth-order valence-corrected chi connectivity index (χ4v) is 2.59. The van der Waals surface area contributed by atoms with Crippen molar-refractivity contribution < 1.29 is 9.53 Å². The standard InChI is InChI=1S/C17H15N7O2.CH4/c1-2-26-17(25)23-16-21-13-9-11(24-7-6-18-10-24)8-12(14(13)22-16)15-19-4-3-5-20-15;/h3-10H,2H2,1H3,(H2,21,22,23,25);1H4. The molecular formula is C18H19N7O2. The molecule has 0 aliphatic rings. The predicted molar refractivity (Wildman–Crippen MR) is 102 cm³/mol. The first-order valence-corrected chi connectivity index (χ1v) is 7.98. The summed E-state index contributed by atoms with van der Waals surface area (Å²) in [5.41, 5.74) is 2.97. The number of carbonyl (C=O) groups excluding carboxylic acids is 1. The molecule has 2 N–H and O–H groups in total. The lowest BCUT2D eigenvalue weighted by Crippen LogP contribution is -2.14. The summed E-state index contributed by atoms with van der Waals surface area (Å²) in [5, 5.41) is 2.58. The number of ether oxygens (including phenoxy) is 1. The quantitative estimate of drug-likeness (QED) is 0.573. The first-order valence-electron chi connectivity index (χ1n) is 7.98. The zero-order valence-corrected chi connectivity index (χ0v) is 13.9. The van der Waals surface area contributed by atoms with Crippen molar-refractivity contribution in [2.75, 3.05) is 11.9 Å². The molecule has 0 bridgehead atoms. The zero-order chi connectivity index (χ0) is 17.9. The lowest BCUT2D eigenvalue weighted by molar-refractivity contribution is 0.167. The van der Waals surface area contributed by atoms with E-state index in [-0.39, 0.29) is 14.0 Å². The van der Waals surface area contributed by atoms with Crippen LogP contribution in [-0.4, -0.2) is 42.2 Å². The second-order valence-electron chi connectivity index (χ2n) is 5.36. The summed E-state index contributed by atoms with van der Waals surface area (Å²) in [6, 6.07) is 5.58. The van der Waals surface area contributed by atoms with E-state index in [2.05, 4.69) is 30.2 Å². The minimum Gasteiger partial charge on any atom is -0.450 e. The molecule has 0 saturated heterocycles. The van der Waals surface area contributed by atoms with Crippen LogP contribution in [0.4, 0.5) is 10.7 Å². The smallest absolute Gasteiger partial charge is 0.413 e. The summed E-state index contributed by atoms with van der Waals surface area (Å²) in [5.74, 6) is 0.826. The van der Waals surface area contributed by atoms with Crippen molar-refractivity contribution in [2.24, 2.45) is 0 Å². The molecule has 1 aromatic carbocycles. The third-order valence-electron chi connectivity index (χ3n) is 3.68. The van der Waals surface area contributed by atoms with Gasteiger partial charge in [-0.2, -0.15) is 0 Å². The van der Waals surface area contributed by atoms with E-state index in [1.165, 1.54) is 0 Å². The van der Waals surface area contributed by atoms with Crippen LogP contribution in [0.5, 0.6) is 0 Å². The number of hydrogen-bond acceptors (Lipinski definition) is 6. The van der Waals surface area contributed by atoms with Crippen LogP contribution in [0.2, 0.25) is 0 Å². The molecular weight excluding hydrogens is 346 g/mol. The molecule has 3 heterocycles. The molecule has 0 saturated carbocycles. The van der Waals surface area contributed by atoms with E-state index in [0.717, 1.165) is 16.8 Å². The molecule has 4 aromatic rings. The average molecular weight is 365 g/mol. The lowest BCUT2D eigenvalue weighted by Gasteiger charge is -2.06. The number of nitrogens with one attached hydrogen (secondary N) is 2. The van der Waals surface area contributed by atoms with Gasteiger partial charge in [0.25, 0.3) is 0 Å². The fraction of sp³-hybridized carbons (Fsp3) is 0.167. The summed E-state index contributed by atoms with van der Waals surface area (Å²) in [6.07, 6.45) is 8.00. The maximum absolute atomic E-state index is 11.7. The number of H-pyrrole nitrogens is 1. The molecule has 3 aromatic heterocycles. The second-order valence-corrected chi connectivity index (χ2v) is 5.36. The predicted octanol–water partition coefficient (Wildman–Crippen LogP) is 3.41. The van der Waals surface area contributed by atoms with Gasteiger partial charge < -0.3 is 14.3 Å². The van der Waals surface area contributed by atoms with Crippen molar-refractivity contribution in [1.29, 1.82) is 0 Å².